The highest BCUT2D eigenvalue weighted by Crippen LogP contribution is 2.67. The van der Waals surface area contributed by atoms with Crippen molar-refractivity contribution in [1.82, 2.24) is 4.90 Å². The number of hydrogen-bond acceptors (Lipinski definition) is 5. The molecule has 184 valence electrons. The summed E-state index contributed by atoms with van der Waals surface area (Å²) in [6.07, 6.45) is 4.09. The van der Waals surface area contributed by atoms with E-state index in [9.17, 15) is 19.5 Å². The molecule has 4 rings (SSSR count). The Morgan fingerprint density at radius 3 is 2.71 bits per heavy atom. The van der Waals surface area contributed by atoms with Crippen LogP contribution in [-0.2, 0) is 14.4 Å². The number of aliphatic hydroxyl groups is 1. The summed E-state index contributed by atoms with van der Waals surface area (Å²) in [5.74, 6) is -3.13. The zero-order valence-corrected chi connectivity index (χ0v) is 21.8. The third kappa shape index (κ3) is 4.08. The highest BCUT2D eigenvalue weighted by molar-refractivity contribution is 9.09. The van der Waals surface area contributed by atoms with Gasteiger partial charge in [0, 0.05) is 29.8 Å². The van der Waals surface area contributed by atoms with Gasteiger partial charge in [0.25, 0.3) is 5.91 Å². The quantitative estimate of drug-likeness (QED) is 0.253. The molecule has 1 spiro atoms. The van der Waals surface area contributed by atoms with Crippen LogP contribution >= 0.6 is 39.3 Å². The van der Waals surface area contributed by atoms with Crippen LogP contribution in [0.1, 0.15) is 25.7 Å². The average Bonchev–Trinajstić information content (AvgIpc) is 3.39. The molecule has 6 atom stereocenters. The van der Waals surface area contributed by atoms with Crippen LogP contribution in [-0.4, -0.2) is 73.5 Å². The number of nitrogens with zero attached hydrogens (tertiary/aromatic N) is 2. The van der Waals surface area contributed by atoms with Gasteiger partial charge >= 0.3 is 5.97 Å². The summed E-state index contributed by atoms with van der Waals surface area (Å²) in [4.78, 5) is 43.3. The number of carbonyl (C=O) groups is 3. The Labute approximate surface area is 216 Å². The maximum atomic E-state index is 14.3. The van der Waals surface area contributed by atoms with Crippen LogP contribution in [0.3, 0.4) is 0 Å². The maximum absolute atomic E-state index is 14.3. The topological polar surface area (TPSA) is 98.2 Å². The van der Waals surface area contributed by atoms with E-state index < -0.39 is 28.6 Å². The molecule has 0 radical (unpaired) electrons. The molecule has 2 amide bonds. The summed E-state index contributed by atoms with van der Waals surface area (Å²) in [7, 11) is 0. The van der Waals surface area contributed by atoms with Crippen LogP contribution in [0.2, 0.25) is 5.02 Å². The molecule has 3 fully saturated rings. The highest BCUT2D eigenvalue weighted by Gasteiger charge is 2.76. The molecular formula is C24H28BrClN2O5S. The minimum Gasteiger partial charge on any atom is -0.481 e. The maximum Gasteiger partial charge on any atom is 0.308 e. The number of thioether (sulfide) groups is 1. The Morgan fingerprint density at radius 1 is 1.32 bits per heavy atom. The van der Waals surface area contributed by atoms with Gasteiger partial charge in [-0.1, -0.05) is 45.7 Å². The second-order valence-electron chi connectivity index (χ2n) is 9.01. The molecule has 0 aliphatic carbocycles. The number of carboxylic acid groups (broad SMARTS) is 1. The highest BCUT2D eigenvalue weighted by atomic mass is 79.9. The molecule has 3 heterocycles. The van der Waals surface area contributed by atoms with E-state index >= 15 is 0 Å². The number of amides is 2. The fourth-order valence-electron chi connectivity index (χ4n) is 5.76. The van der Waals surface area contributed by atoms with Crippen molar-refractivity contribution in [2.75, 3.05) is 24.6 Å². The lowest BCUT2D eigenvalue weighted by molar-refractivity contribution is -0.148. The van der Waals surface area contributed by atoms with Crippen LogP contribution in [0.25, 0.3) is 0 Å². The Morgan fingerprint density at radius 2 is 2.06 bits per heavy atom. The number of rotatable bonds is 10. The lowest BCUT2D eigenvalue weighted by Gasteiger charge is -2.37. The molecule has 10 heteroatoms. The van der Waals surface area contributed by atoms with Gasteiger partial charge in [0.1, 0.15) is 6.04 Å². The van der Waals surface area contributed by atoms with Gasteiger partial charge in [0.15, 0.2) is 0 Å². The molecular weight excluding hydrogens is 544 g/mol. The van der Waals surface area contributed by atoms with Crippen molar-refractivity contribution >= 4 is 62.8 Å². The molecule has 3 aliphatic rings. The van der Waals surface area contributed by atoms with Crippen molar-refractivity contribution in [1.29, 1.82) is 0 Å². The number of unbranched alkanes of at least 4 members (excludes halogenated alkanes) is 2. The largest absolute Gasteiger partial charge is 0.481 e. The lowest BCUT2D eigenvalue weighted by Crippen LogP contribution is -2.55. The van der Waals surface area contributed by atoms with Gasteiger partial charge in [0.2, 0.25) is 5.91 Å². The molecule has 2 bridgehead atoms. The zero-order chi connectivity index (χ0) is 24.6. The van der Waals surface area contributed by atoms with Crippen LogP contribution in [0.15, 0.2) is 36.9 Å². The number of aliphatic carboxylic acids is 1. The molecule has 7 nitrogen and oxygen atoms in total. The summed E-state index contributed by atoms with van der Waals surface area (Å²) < 4.78 is -0.826. The Kier molecular flexibility index (Phi) is 7.67. The van der Waals surface area contributed by atoms with Crippen LogP contribution in [0.4, 0.5) is 5.69 Å². The molecule has 3 unspecified atom stereocenters. The molecule has 34 heavy (non-hydrogen) atoms. The number of carboxylic acids is 1. The second-order valence-corrected chi connectivity index (χ2v) is 12.1. The number of carbonyl (C=O) groups excluding carboxylic acids is 2. The molecule has 3 saturated heterocycles. The van der Waals surface area contributed by atoms with E-state index in [0.29, 0.717) is 42.9 Å². The predicted octanol–water partition coefficient (Wildman–Crippen LogP) is 3.57. The molecule has 0 aromatic heterocycles. The van der Waals surface area contributed by atoms with E-state index in [-0.39, 0.29) is 35.0 Å². The normalized spacial score (nSPS) is 31.6. The number of hydrogen-bond donors (Lipinski definition) is 2. The predicted molar refractivity (Wildman–Crippen MR) is 136 cm³/mol. The average molecular weight is 572 g/mol. The third-order valence-electron chi connectivity index (χ3n) is 7.09. The summed E-state index contributed by atoms with van der Waals surface area (Å²) in [6.45, 7) is 4.40. The Hall–Kier alpha value is -1.55. The number of para-hydroxylation sites is 1. The smallest absolute Gasteiger partial charge is 0.308 e. The van der Waals surface area contributed by atoms with E-state index in [1.54, 1.807) is 40.1 Å². The van der Waals surface area contributed by atoms with Crippen LogP contribution in [0, 0.1) is 11.8 Å². The number of likely N-dealkylation sites (tertiary alicyclic amines) is 1. The van der Waals surface area contributed by atoms with E-state index in [1.807, 2.05) is 0 Å². The summed E-state index contributed by atoms with van der Waals surface area (Å²) in [6, 6.07) is 6.23. The number of benzene rings is 1. The van der Waals surface area contributed by atoms with Crippen LogP contribution in [0.5, 0.6) is 0 Å². The first-order chi connectivity index (χ1) is 16.3. The second kappa shape index (κ2) is 10.2. The molecule has 1 aromatic rings. The summed E-state index contributed by atoms with van der Waals surface area (Å²) in [5, 5.41) is 19.3. The first kappa shape index (κ1) is 25.5. The fraction of sp³-hybridized carbons (Fsp3) is 0.542. The van der Waals surface area contributed by atoms with Crippen LogP contribution < -0.4 is 4.90 Å². The van der Waals surface area contributed by atoms with Gasteiger partial charge in [-0.2, -0.15) is 0 Å². The van der Waals surface area contributed by atoms with Crippen molar-refractivity contribution in [2.24, 2.45) is 11.8 Å². The lowest BCUT2D eigenvalue weighted by atomic mass is 9.71. The number of aliphatic hydroxyl groups excluding tert-OH is 1. The van der Waals surface area contributed by atoms with Gasteiger partial charge in [-0.25, -0.2) is 0 Å². The van der Waals surface area contributed by atoms with Crippen molar-refractivity contribution in [3.8, 4) is 0 Å². The molecule has 0 saturated carbocycles. The minimum absolute atomic E-state index is 0.0619. The molecule has 3 aliphatic heterocycles. The molecule has 2 N–H and O–H groups in total. The van der Waals surface area contributed by atoms with Crippen molar-refractivity contribution in [3.63, 3.8) is 0 Å². The van der Waals surface area contributed by atoms with Gasteiger partial charge in [0.05, 0.1) is 27.3 Å². The van der Waals surface area contributed by atoms with E-state index in [4.69, 9.17) is 16.7 Å². The Balaban J connectivity index is 1.76. The summed E-state index contributed by atoms with van der Waals surface area (Å²) >= 11 is 11.6. The van der Waals surface area contributed by atoms with Crippen molar-refractivity contribution in [3.05, 3.63) is 41.9 Å². The van der Waals surface area contributed by atoms with Gasteiger partial charge in [-0.15, -0.1) is 18.3 Å². The van der Waals surface area contributed by atoms with E-state index in [1.165, 1.54) is 11.8 Å². The van der Waals surface area contributed by atoms with Gasteiger partial charge < -0.3 is 20.0 Å². The first-order valence-corrected chi connectivity index (χ1v) is 13.6. The number of alkyl halides is 1. The first-order valence-electron chi connectivity index (χ1n) is 11.4. The number of anilines is 1. The Bertz CT molecular complexity index is 996. The number of halogens is 2. The SMILES string of the molecule is C=CCN(C(=O)C1N(CCCCCO)C(=O)[C@@H]2[C@@H](C(=O)O)[C@@H]3SC12CC3Br)c1ccccc1Cl. The van der Waals surface area contributed by atoms with E-state index in [2.05, 4.69) is 22.5 Å². The standard InChI is InChI=1S/C24H28BrClN2O5S/c1-2-10-27(16-9-5-4-8-15(16)26)22(31)20-24-13-14(25)19(34-24)17(23(32)33)18(24)21(30)28(20)11-6-3-7-12-29/h2,4-5,8-9,14,17-20,29H,1,3,6-7,10-13H2,(H,32,33)/t14?,17-,18+,19-,20?,24?/m1/s1. The van der Waals surface area contributed by atoms with Crippen molar-refractivity contribution in [2.45, 2.75) is 46.5 Å². The minimum atomic E-state index is -0.996. The fourth-order valence-corrected chi connectivity index (χ4v) is 9.59. The van der Waals surface area contributed by atoms with E-state index in [0.717, 1.165) is 0 Å². The zero-order valence-electron chi connectivity index (χ0n) is 18.6. The summed E-state index contributed by atoms with van der Waals surface area (Å²) in [5.41, 5.74) is 0.532. The van der Waals surface area contributed by atoms with Crippen molar-refractivity contribution < 1.29 is 24.6 Å². The van der Waals surface area contributed by atoms with Gasteiger partial charge in [-0.3, -0.25) is 14.4 Å². The monoisotopic (exact) mass is 570 g/mol. The number of fused-ring (bicyclic) bond motifs is 1. The van der Waals surface area contributed by atoms with Gasteiger partial charge in [-0.05, 0) is 37.8 Å². The molecule has 1 aromatic carbocycles. The third-order valence-corrected chi connectivity index (χ3v) is 10.6.